The Bertz CT molecular complexity index is 442. The van der Waals surface area contributed by atoms with Crippen LogP contribution in [0, 0.1) is 0 Å². The number of carbonyl (C=O) groups excluding carboxylic acids is 1. The van der Waals surface area contributed by atoms with E-state index in [1.807, 2.05) is 0 Å². The fourth-order valence-corrected chi connectivity index (χ4v) is 2.65. The summed E-state index contributed by atoms with van der Waals surface area (Å²) in [5.74, 6) is -0.0665. The molecule has 0 bridgehead atoms. The van der Waals surface area contributed by atoms with E-state index >= 15 is 0 Å². The highest BCUT2D eigenvalue weighted by molar-refractivity contribution is 6.35. The van der Waals surface area contributed by atoms with Gasteiger partial charge >= 0.3 is 0 Å². The number of amides is 1. The SMILES string of the molecule is O=C(CCNCC1CCCO1)Nc1cc(Cl)cc(Cl)c1. The Morgan fingerprint density at radius 2 is 2.05 bits per heavy atom. The number of rotatable bonds is 6. The van der Waals surface area contributed by atoms with Crippen LogP contribution in [0.5, 0.6) is 0 Å². The fourth-order valence-electron chi connectivity index (χ4n) is 2.12. The Morgan fingerprint density at radius 3 is 2.70 bits per heavy atom. The van der Waals surface area contributed by atoms with Crippen LogP contribution in [0.15, 0.2) is 18.2 Å². The van der Waals surface area contributed by atoms with Crippen molar-refractivity contribution in [3.8, 4) is 0 Å². The zero-order valence-corrected chi connectivity index (χ0v) is 12.6. The summed E-state index contributed by atoms with van der Waals surface area (Å²) in [6.45, 7) is 2.28. The van der Waals surface area contributed by atoms with E-state index in [4.69, 9.17) is 27.9 Å². The molecule has 0 aromatic heterocycles. The summed E-state index contributed by atoms with van der Waals surface area (Å²) < 4.78 is 5.49. The highest BCUT2D eigenvalue weighted by Gasteiger charge is 2.14. The standard InChI is InChI=1S/C14H18Cl2N2O2/c15-10-6-11(16)8-12(7-10)18-14(19)3-4-17-9-13-2-1-5-20-13/h6-8,13,17H,1-5,9H2,(H,18,19). The second-order valence-corrected chi connectivity index (χ2v) is 5.67. The van der Waals surface area contributed by atoms with Gasteiger partial charge in [-0.3, -0.25) is 4.79 Å². The zero-order valence-electron chi connectivity index (χ0n) is 11.1. The molecule has 110 valence electrons. The monoisotopic (exact) mass is 316 g/mol. The molecule has 0 aliphatic carbocycles. The third kappa shape index (κ3) is 5.29. The van der Waals surface area contributed by atoms with Crippen LogP contribution in [0.3, 0.4) is 0 Å². The van der Waals surface area contributed by atoms with Gasteiger partial charge in [0.1, 0.15) is 0 Å². The lowest BCUT2D eigenvalue weighted by Crippen LogP contribution is -2.29. The molecule has 0 radical (unpaired) electrons. The first-order chi connectivity index (χ1) is 9.63. The van der Waals surface area contributed by atoms with Crippen LogP contribution in [-0.2, 0) is 9.53 Å². The average Bonchev–Trinajstić information content (AvgIpc) is 2.86. The molecule has 0 saturated carbocycles. The van der Waals surface area contributed by atoms with Gasteiger partial charge in [0.2, 0.25) is 5.91 Å². The van der Waals surface area contributed by atoms with Crippen molar-refractivity contribution in [2.24, 2.45) is 0 Å². The minimum atomic E-state index is -0.0665. The van der Waals surface area contributed by atoms with Gasteiger partial charge in [-0.25, -0.2) is 0 Å². The Hall–Kier alpha value is -0.810. The molecule has 1 unspecified atom stereocenters. The number of hydrogen-bond acceptors (Lipinski definition) is 3. The first-order valence-electron chi connectivity index (χ1n) is 6.72. The van der Waals surface area contributed by atoms with E-state index in [1.54, 1.807) is 18.2 Å². The highest BCUT2D eigenvalue weighted by Crippen LogP contribution is 2.22. The van der Waals surface area contributed by atoms with Crippen LogP contribution in [0.25, 0.3) is 0 Å². The lowest BCUT2D eigenvalue weighted by atomic mass is 10.2. The summed E-state index contributed by atoms with van der Waals surface area (Å²) in [5, 5.41) is 7.01. The molecule has 1 aliphatic heterocycles. The summed E-state index contributed by atoms with van der Waals surface area (Å²) >= 11 is 11.7. The Morgan fingerprint density at radius 1 is 1.30 bits per heavy atom. The van der Waals surface area contributed by atoms with E-state index in [1.165, 1.54) is 0 Å². The van der Waals surface area contributed by atoms with Crippen molar-refractivity contribution < 1.29 is 9.53 Å². The first kappa shape index (κ1) is 15.6. The molecule has 1 heterocycles. The molecule has 1 aromatic rings. The van der Waals surface area contributed by atoms with Gasteiger partial charge in [-0.15, -0.1) is 0 Å². The van der Waals surface area contributed by atoms with E-state index in [9.17, 15) is 4.79 Å². The number of nitrogens with one attached hydrogen (secondary N) is 2. The minimum Gasteiger partial charge on any atom is -0.377 e. The third-order valence-corrected chi connectivity index (χ3v) is 3.51. The molecular weight excluding hydrogens is 299 g/mol. The Balaban J connectivity index is 1.66. The molecule has 0 spiro atoms. The molecule has 1 fully saturated rings. The molecule has 1 aliphatic rings. The molecular formula is C14H18Cl2N2O2. The van der Waals surface area contributed by atoms with Gasteiger partial charge in [0.15, 0.2) is 0 Å². The lowest BCUT2D eigenvalue weighted by Gasteiger charge is -2.11. The van der Waals surface area contributed by atoms with Crippen molar-refractivity contribution in [1.82, 2.24) is 5.32 Å². The summed E-state index contributed by atoms with van der Waals surface area (Å²) in [5.41, 5.74) is 0.617. The van der Waals surface area contributed by atoms with E-state index in [2.05, 4.69) is 10.6 Å². The van der Waals surface area contributed by atoms with E-state index < -0.39 is 0 Å². The van der Waals surface area contributed by atoms with Crippen molar-refractivity contribution in [1.29, 1.82) is 0 Å². The van der Waals surface area contributed by atoms with Gasteiger partial charge in [-0.1, -0.05) is 23.2 Å². The van der Waals surface area contributed by atoms with Crippen molar-refractivity contribution in [2.45, 2.75) is 25.4 Å². The van der Waals surface area contributed by atoms with Crippen molar-refractivity contribution in [3.05, 3.63) is 28.2 Å². The number of ether oxygens (including phenoxy) is 1. The molecule has 6 heteroatoms. The number of halogens is 2. The maximum absolute atomic E-state index is 11.8. The van der Waals surface area contributed by atoms with Crippen molar-refractivity contribution in [3.63, 3.8) is 0 Å². The van der Waals surface area contributed by atoms with E-state index in [0.717, 1.165) is 26.0 Å². The largest absolute Gasteiger partial charge is 0.377 e. The summed E-state index contributed by atoms with van der Waals surface area (Å²) in [4.78, 5) is 11.8. The van der Waals surface area contributed by atoms with Crippen LogP contribution in [0.4, 0.5) is 5.69 Å². The molecule has 1 atom stereocenters. The molecule has 1 amide bonds. The number of benzene rings is 1. The number of hydrogen-bond donors (Lipinski definition) is 2. The topological polar surface area (TPSA) is 50.4 Å². The molecule has 1 aromatic carbocycles. The van der Waals surface area contributed by atoms with Crippen molar-refractivity contribution in [2.75, 3.05) is 25.0 Å². The molecule has 2 N–H and O–H groups in total. The molecule has 1 saturated heterocycles. The van der Waals surface area contributed by atoms with Gasteiger partial charge in [-0.05, 0) is 31.0 Å². The summed E-state index contributed by atoms with van der Waals surface area (Å²) in [6.07, 6.45) is 2.92. The Kier molecular flexibility index (Phi) is 6.10. The number of anilines is 1. The smallest absolute Gasteiger partial charge is 0.225 e. The van der Waals surface area contributed by atoms with Crippen LogP contribution < -0.4 is 10.6 Å². The van der Waals surface area contributed by atoms with Crippen LogP contribution >= 0.6 is 23.2 Å². The van der Waals surface area contributed by atoms with Gasteiger partial charge in [-0.2, -0.15) is 0 Å². The maximum Gasteiger partial charge on any atom is 0.225 e. The van der Waals surface area contributed by atoms with Crippen LogP contribution in [-0.4, -0.2) is 31.7 Å². The maximum atomic E-state index is 11.8. The van der Waals surface area contributed by atoms with Crippen LogP contribution in [0.1, 0.15) is 19.3 Å². The molecule has 4 nitrogen and oxygen atoms in total. The third-order valence-electron chi connectivity index (χ3n) is 3.07. The fraction of sp³-hybridized carbons (Fsp3) is 0.500. The first-order valence-corrected chi connectivity index (χ1v) is 7.47. The van der Waals surface area contributed by atoms with E-state index in [0.29, 0.717) is 34.8 Å². The normalized spacial score (nSPS) is 18.2. The lowest BCUT2D eigenvalue weighted by molar-refractivity contribution is -0.116. The van der Waals surface area contributed by atoms with Crippen molar-refractivity contribution >= 4 is 34.8 Å². The number of carbonyl (C=O) groups is 1. The predicted octanol–water partition coefficient (Wildman–Crippen LogP) is 3.09. The Labute approximate surface area is 128 Å². The predicted molar refractivity (Wildman–Crippen MR) is 81.6 cm³/mol. The second kappa shape index (κ2) is 7.84. The summed E-state index contributed by atoms with van der Waals surface area (Å²) in [7, 11) is 0. The molecule has 20 heavy (non-hydrogen) atoms. The molecule has 2 rings (SSSR count). The minimum absolute atomic E-state index is 0.0665. The van der Waals surface area contributed by atoms with Crippen LogP contribution in [0.2, 0.25) is 10.0 Å². The zero-order chi connectivity index (χ0) is 14.4. The second-order valence-electron chi connectivity index (χ2n) is 4.80. The average molecular weight is 317 g/mol. The van der Waals surface area contributed by atoms with E-state index in [-0.39, 0.29) is 5.91 Å². The van der Waals surface area contributed by atoms with Gasteiger partial charge in [0.05, 0.1) is 6.10 Å². The van der Waals surface area contributed by atoms with Gasteiger partial charge in [0.25, 0.3) is 0 Å². The highest BCUT2D eigenvalue weighted by atomic mass is 35.5. The van der Waals surface area contributed by atoms with Gasteiger partial charge in [0, 0.05) is 41.8 Å². The van der Waals surface area contributed by atoms with Gasteiger partial charge < -0.3 is 15.4 Å². The summed E-state index contributed by atoms with van der Waals surface area (Å²) in [6, 6.07) is 4.97. The quantitative estimate of drug-likeness (QED) is 0.793.